The molecule has 2 fully saturated rings. The molecule has 178 valence electrons. The molecule has 4 rings (SSSR count). The first kappa shape index (κ1) is 23.5. The standard InChI is InChI=1S/C26H36N4O3/c1-4-19-7-9-30(14-19)26(32)28-22-6-5-17(2)23(13-22)21-11-24(20-8-10-33-16-20)29-25(12-21)27-18(3)15-31/h5-6,11-13,18-20,31H,4,7-10,14-16H2,1-3H3,(H,27,29)(H,28,32)/t18-,19-,20?/m1/s1. The topological polar surface area (TPSA) is 86.7 Å². The van der Waals surface area contributed by atoms with Gasteiger partial charge in [0.05, 0.1) is 13.2 Å². The number of pyridine rings is 1. The molecule has 2 aliphatic heterocycles. The van der Waals surface area contributed by atoms with Gasteiger partial charge in [0.1, 0.15) is 5.82 Å². The molecule has 7 nitrogen and oxygen atoms in total. The number of aliphatic hydroxyl groups is 1. The van der Waals surface area contributed by atoms with E-state index in [2.05, 4.69) is 30.5 Å². The number of ether oxygens (including phenoxy) is 1. The van der Waals surface area contributed by atoms with Crippen molar-refractivity contribution in [2.45, 2.75) is 52.0 Å². The van der Waals surface area contributed by atoms with E-state index in [1.807, 2.05) is 36.1 Å². The number of nitrogens with zero attached hydrogens (tertiary/aromatic N) is 2. The van der Waals surface area contributed by atoms with Crippen LogP contribution in [0.5, 0.6) is 0 Å². The second kappa shape index (κ2) is 10.5. The zero-order valence-corrected chi connectivity index (χ0v) is 19.9. The number of anilines is 2. The lowest BCUT2D eigenvalue weighted by Crippen LogP contribution is -2.32. The van der Waals surface area contributed by atoms with Crippen molar-refractivity contribution in [2.24, 2.45) is 5.92 Å². The summed E-state index contributed by atoms with van der Waals surface area (Å²) >= 11 is 0. The van der Waals surface area contributed by atoms with E-state index in [-0.39, 0.29) is 24.6 Å². The summed E-state index contributed by atoms with van der Waals surface area (Å²) in [4.78, 5) is 19.5. The molecule has 3 N–H and O–H groups in total. The van der Waals surface area contributed by atoms with Crippen molar-refractivity contribution in [1.82, 2.24) is 9.88 Å². The summed E-state index contributed by atoms with van der Waals surface area (Å²) in [5.41, 5.74) is 5.01. The van der Waals surface area contributed by atoms with Crippen molar-refractivity contribution in [3.05, 3.63) is 41.6 Å². The normalized spacial score (nSPS) is 21.3. The number of carbonyl (C=O) groups excluding carboxylic acids is 1. The Bertz CT molecular complexity index is 974. The highest BCUT2D eigenvalue weighted by molar-refractivity contribution is 5.90. The molecule has 0 radical (unpaired) electrons. The smallest absolute Gasteiger partial charge is 0.321 e. The SMILES string of the molecule is CC[C@@H]1CCN(C(=O)Nc2ccc(C)c(-c3cc(N[C@H](C)CO)nc(C4CCOC4)c3)c2)C1. The maximum Gasteiger partial charge on any atom is 0.321 e. The Labute approximate surface area is 196 Å². The van der Waals surface area contributed by atoms with Crippen LogP contribution < -0.4 is 10.6 Å². The van der Waals surface area contributed by atoms with Crippen LogP contribution in [0.3, 0.4) is 0 Å². The molecule has 1 aromatic heterocycles. The van der Waals surface area contributed by atoms with Crippen LogP contribution >= 0.6 is 0 Å². The van der Waals surface area contributed by atoms with Gasteiger partial charge in [-0.3, -0.25) is 0 Å². The van der Waals surface area contributed by atoms with Gasteiger partial charge < -0.3 is 25.4 Å². The number of aliphatic hydroxyl groups excluding tert-OH is 1. The zero-order valence-electron chi connectivity index (χ0n) is 19.9. The maximum atomic E-state index is 12.8. The van der Waals surface area contributed by atoms with Crippen LogP contribution in [-0.2, 0) is 4.74 Å². The van der Waals surface area contributed by atoms with E-state index in [9.17, 15) is 9.90 Å². The fourth-order valence-electron chi connectivity index (χ4n) is 4.62. The maximum absolute atomic E-state index is 12.8. The average molecular weight is 453 g/mol. The molecule has 1 unspecified atom stereocenters. The van der Waals surface area contributed by atoms with E-state index >= 15 is 0 Å². The Kier molecular flexibility index (Phi) is 7.50. The third-order valence-electron chi connectivity index (χ3n) is 6.81. The van der Waals surface area contributed by atoms with E-state index in [4.69, 9.17) is 9.72 Å². The van der Waals surface area contributed by atoms with E-state index in [0.717, 1.165) is 72.8 Å². The van der Waals surface area contributed by atoms with Gasteiger partial charge in [-0.2, -0.15) is 0 Å². The lowest BCUT2D eigenvalue weighted by atomic mass is 9.96. The van der Waals surface area contributed by atoms with E-state index < -0.39 is 0 Å². The van der Waals surface area contributed by atoms with Crippen LogP contribution in [0.1, 0.15) is 50.3 Å². The Balaban J connectivity index is 1.61. The molecule has 0 aliphatic carbocycles. The van der Waals surface area contributed by atoms with Crippen LogP contribution in [0.2, 0.25) is 0 Å². The number of hydrogen-bond donors (Lipinski definition) is 3. The van der Waals surface area contributed by atoms with Crippen molar-refractivity contribution in [2.75, 3.05) is 43.5 Å². The van der Waals surface area contributed by atoms with Crippen molar-refractivity contribution >= 4 is 17.5 Å². The summed E-state index contributed by atoms with van der Waals surface area (Å²) in [7, 11) is 0. The number of benzene rings is 1. The number of hydrogen-bond acceptors (Lipinski definition) is 5. The van der Waals surface area contributed by atoms with Crippen LogP contribution in [0, 0.1) is 12.8 Å². The predicted octanol–water partition coefficient (Wildman–Crippen LogP) is 4.62. The minimum atomic E-state index is -0.0976. The Morgan fingerprint density at radius 3 is 2.85 bits per heavy atom. The number of urea groups is 1. The van der Waals surface area contributed by atoms with Gasteiger partial charge in [0.15, 0.2) is 0 Å². The van der Waals surface area contributed by atoms with Gasteiger partial charge in [0, 0.05) is 43.0 Å². The minimum Gasteiger partial charge on any atom is -0.394 e. The van der Waals surface area contributed by atoms with Gasteiger partial charge in [-0.1, -0.05) is 19.4 Å². The fraction of sp³-hybridized carbons (Fsp3) is 0.538. The summed E-state index contributed by atoms with van der Waals surface area (Å²) in [6, 6.07) is 10.1. The Hall–Kier alpha value is -2.64. The molecule has 1 aromatic carbocycles. The van der Waals surface area contributed by atoms with Gasteiger partial charge in [0.2, 0.25) is 0 Å². The summed E-state index contributed by atoms with van der Waals surface area (Å²) in [6.45, 7) is 9.30. The minimum absolute atomic E-state index is 0.0293. The van der Waals surface area contributed by atoms with Gasteiger partial charge in [-0.15, -0.1) is 0 Å². The summed E-state index contributed by atoms with van der Waals surface area (Å²) in [5, 5.41) is 15.9. The molecular weight excluding hydrogens is 416 g/mol. The van der Waals surface area contributed by atoms with Gasteiger partial charge in [0.25, 0.3) is 0 Å². The van der Waals surface area contributed by atoms with Crippen molar-refractivity contribution in [1.29, 1.82) is 0 Å². The lowest BCUT2D eigenvalue weighted by molar-refractivity contribution is 0.193. The average Bonchev–Trinajstić information content (AvgIpc) is 3.52. The first-order chi connectivity index (χ1) is 16.0. The molecule has 0 bridgehead atoms. The molecule has 2 amide bonds. The third kappa shape index (κ3) is 5.65. The van der Waals surface area contributed by atoms with Crippen molar-refractivity contribution < 1.29 is 14.6 Å². The quantitative estimate of drug-likeness (QED) is 0.571. The van der Waals surface area contributed by atoms with E-state index in [1.54, 1.807) is 0 Å². The number of likely N-dealkylation sites (tertiary alicyclic amines) is 1. The Morgan fingerprint density at radius 1 is 1.30 bits per heavy atom. The number of aromatic nitrogens is 1. The highest BCUT2D eigenvalue weighted by Gasteiger charge is 2.25. The fourth-order valence-corrected chi connectivity index (χ4v) is 4.62. The van der Waals surface area contributed by atoms with Gasteiger partial charge in [-0.05, 0) is 73.6 Å². The molecule has 3 heterocycles. The highest BCUT2D eigenvalue weighted by atomic mass is 16.5. The van der Waals surface area contributed by atoms with Gasteiger partial charge >= 0.3 is 6.03 Å². The number of rotatable bonds is 7. The molecule has 0 spiro atoms. The van der Waals surface area contributed by atoms with Crippen LogP contribution in [-0.4, -0.2) is 60.0 Å². The molecule has 3 atom stereocenters. The number of carbonyl (C=O) groups is 1. The van der Waals surface area contributed by atoms with E-state index in [1.165, 1.54) is 0 Å². The molecule has 2 saturated heterocycles. The zero-order chi connectivity index (χ0) is 23.4. The van der Waals surface area contributed by atoms with Crippen molar-refractivity contribution in [3.63, 3.8) is 0 Å². The third-order valence-corrected chi connectivity index (χ3v) is 6.81. The summed E-state index contributed by atoms with van der Waals surface area (Å²) < 4.78 is 5.60. The van der Waals surface area contributed by atoms with Gasteiger partial charge in [-0.25, -0.2) is 9.78 Å². The Morgan fingerprint density at radius 2 is 2.15 bits per heavy atom. The predicted molar refractivity (Wildman–Crippen MR) is 132 cm³/mol. The monoisotopic (exact) mass is 452 g/mol. The summed E-state index contributed by atoms with van der Waals surface area (Å²) in [6.07, 6.45) is 3.14. The number of nitrogens with one attached hydrogen (secondary N) is 2. The number of aryl methyl sites for hydroxylation is 1. The highest BCUT2D eigenvalue weighted by Crippen LogP contribution is 2.33. The second-order valence-electron chi connectivity index (χ2n) is 9.42. The molecule has 2 aromatic rings. The van der Waals surface area contributed by atoms with Crippen LogP contribution in [0.4, 0.5) is 16.3 Å². The lowest BCUT2D eigenvalue weighted by Gasteiger charge is -2.19. The molecule has 7 heteroatoms. The first-order valence-electron chi connectivity index (χ1n) is 12.1. The molecule has 0 saturated carbocycles. The van der Waals surface area contributed by atoms with E-state index in [0.29, 0.717) is 12.5 Å². The molecular formula is C26H36N4O3. The summed E-state index contributed by atoms with van der Waals surface area (Å²) in [5.74, 6) is 1.61. The van der Waals surface area contributed by atoms with Crippen LogP contribution in [0.15, 0.2) is 30.3 Å². The first-order valence-corrected chi connectivity index (χ1v) is 12.1. The second-order valence-corrected chi connectivity index (χ2v) is 9.42. The molecule has 2 aliphatic rings. The largest absolute Gasteiger partial charge is 0.394 e. The number of amides is 2. The molecule has 33 heavy (non-hydrogen) atoms. The van der Waals surface area contributed by atoms with Crippen molar-refractivity contribution in [3.8, 4) is 11.1 Å². The van der Waals surface area contributed by atoms with Crippen LogP contribution in [0.25, 0.3) is 11.1 Å².